The minimum Gasteiger partial charge on any atom is -0.481 e. The van der Waals surface area contributed by atoms with Crippen LogP contribution in [-0.4, -0.2) is 227 Å². The molecule has 6 atom stereocenters. The van der Waals surface area contributed by atoms with E-state index in [1.54, 1.807) is 53.2 Å². The number of carboxylic acids is 3. The molecule has 6 aliphatic rings. The molecule has 0 radical (unpaired) electrons. The lowest BCUT2D eigenvalue weighted by atomic mass is 9.94. The maximum Gasteiger partial charge on any atom is 0.338 e. The number of halogens is 10. The molecule has 0 aliphatic carbocycles. The van der Waals surface area contributed by atoms with Crippen molar-refractivity contribution in [3.8, 4) is 0 Å². The van der Waals surface area contributed by atoms with Gasteiger partial charge in [-0.1, -0.05) is 66.0 Å². The number of nitrogens with zero attached hydrogens (tertiary/aromatic N) is 9. The predicted octanol–water partition coefficient (Wildman–Crippen LogP) is 11.4. The highest BCUT2D eigenvalue weighted by Crippen LogP contribution is 2.42. The number of benzene rings is 3. The van der Waals surface area contributed by atoms with Crippen LogP contribution in [0.3, 0.4) is 0 Å². The fraction of sp³-hybridized carbons (Fsp3) is 0.408. The molecular weight excluding hydrogens is 1750 g/mol. The van der Waals surface area contributed by atoms with Gasteiger partial charge in [0, 0.05) is 141 Å². The monoisotopic (exact) mass is 1810 g/mol. The van der Waals surface area contributed by atoms with Crippen molar-refractivity contribution in [3.05, 3.63) is 186 Å². The number of morpholine rings is 2. The zero-order valence-electron chi connectivity index (χ0n) is 59.1. The number of carbonyl (C=O) groups excluding carboxylic acids is 3. The molecule has 6 N–H and O–H groups in total. The molecule has 9 heterocycles. The van der Waals surface area contributed by atoms with E-state index in [1.807, 2.05) is 10.3 Å². The first-order valence-electron chi connectivity index (χ1n) is 33.9. The Morgan fingerprint density at radius 1 is 0.577 bits per heavy atom. The summed E-state index contributed by atoms with van der Waals surface area (Å²) < 4.78 is 127. The Morgan fingerprint density at radius 2 is 1.02 bits per heavy atom. The number of aliphatic imine (C=N–C) groups is 3. The van der Waals surface area contributed by atoms with Gasteiger partial charge in [0.05, 0.1) is 70.0 Å². The molecule has 6 aliphatic heterocycles. The number of hydrogen-bond acceptors (Lipinski definition) is 27. The molecule has 26 nitrogen and oxygen atoms in total. The lowest BCUT2D eigenvalue weighted by Gasteiger charge is -2.40. The molecule has 40 heteroatoms. The Balaban J connectivity index is 0.000000177. The summed E-state index contributed by atoms with van der Waals surface area (Å²) in [6.45, 7) is 2.02. The summed E-state index contributed by atoms with van der Waals surface area (Å²) in [4.78, 5) is 105. The zero-order chi connectivity index (χ0) is 79.8. The molecule has 594 valence electrons. The number of ether oxygens (including phenoxy) is 5. The van der Waals surface area contributed by atoms with Crippen molar-refractivity contribution in [2.45, 2.75) is 86.7 Å². The minimum atomic E-state index is -3.60. The van der Waals surface area contributed by atoms with Gasteiger partial charge in [-0.05, 0) is 65.9 Å². The summed E-state index contributed by atoms with van der Waals surface area (Å²) in [7, 11) is 3.76. The number of amidine groups is 3. The second kappa shape index (κ2) is 39.2. The van der Waals surface area contributed by atoms with E-state index in [4.69, 9.17) is 43.9 Å². The molecule has 3 aromatic heterocycles. The number of carboxylic acid groups (broad SMARTS) is 3. The van der Waals surface area contributed by atoms with E-state index in [2.05, 4.69) is 88.6 Å². The van der Waals surface area contributed by atoms with Crippen LogP contribution < -0.4 is 16.0 Å². The first-order valence-corrected chi connectivity index (χ1v) is 40.1. The van der Waals surface area contributed by atoms with Gasteiger partial charge < -0.3 is 55.0 Å². The summed E-state index contributed by atoms with van der Waals surface area (Å²) in [6.07, 6.45) is 1.67. The van der Waals surface area contributed by atoms with Crippen molar-refractivity contribution >= 4 is 147 Å². The highest BCUT2D eigenvalue weighted by molar-refractivity contribution is 9.11. The number of esters is 3. The van der Waals surface area contributed by atoms with Crippen LogP contribution in [0, 0.1) is 17.5 Å². The van der Waals surface area contributed by atoms with Gasteiger partial charge in [-0.3, -0.25) is 44.1 Å². The van der Waals surface area contributed by atoms with Crippen LogP contribution in [0.4, 0.5) is 30.7 Å². The smallest absolute Gasteiger partial charge is 0.338 e. The molecule has 6 aromatic rings. The third-order valence-electron chi connectivity index (χ3n) is 18.0. The van der Waals surface area contributed by atoms with Gasteiger partial charge in [0.1, 0.15) is 48.4 Å². The van der Waals surface area contributed by atoms with Gasteiger partial charge >= 0.3 is 35.8 Å². The fourth-order valence-electron chi connectivity index (χ4n) is 12.8. The number of thioether (sulfide) groups is 1. The van der Waals surface area contributed by atoms with E-state index in [-0.39, 0.29) is 81.7 Å². The lowest BCUT2D eigenvalue weighted by molar-refractivity contribution is -0.162. The summed E-state index contributed by atoms with van der Waals surface area (Å²) in [5, 5.41) is 43.6. The Labute approximate surface area is 672 Å². The van der Waals surface area contributed by atoms with Gasteiger partial charge in [0.25, 0.3) is 11.8 Å². The Bertz CT molecular complexity index is 4570. The minimum absolute atomic E-state index is 0.0237. The topological polar surface area (TPSA) is 331 Å². The van der Waals surface area contributed by atoms with E-state index >= 15 is 0 Å². The molecule has 3 saturated heterocycles. The summed E-state index contributed by atoms with van der Waals surface area (Å²) in [6, 6.07) is 8.25. The van der Waals surface area contributed by atoms with E-state index in [1.165, 1.54) is 103 Å². The van der Waals surface area contributed by atoms with E-state index < -0.39 is 115 Å². The second-order valence-electron chi connectivity index (χ2n) is 25.4. The number of thiazole rings is 3. The van der Waals surface area contributed by atoms with Crippen LogP contribution in [0.25, 0.3) is 0 Å². The number of carbonyl (C=O) groups is 6. The molecule has 0 saturated carbocycles. The Hall–Kier alpha value is -7.90. The SMILES string of the molecule is COC(=O)C1=C(CN2CCOCC2C(F)(F)CC(=O)O)NC(c2nccs2)=N[C@H]1c1ccc(F)cc1Br.COC(=O)C1=C(CN2CCO[C@H](CCC(F)(F)CC(=O)O)C2)NC(c2nccs2)=N[C@H]1c1ccc(F)cc1Br.COC(=O)C1=C(CN2CCSC[C@H]2CCC(=O)O)NC(c2nccs2)=N[C@H]1c1ccc(F)cc1Br. The average molecular weight is 1820 g/mol. The van der Waals surface area contributed by atoms with Crippen LogP contribution >= 0.6 is 93.6 Å². The van der Waals surface area contributed by atoms with Crippen molar-refractivity contribution in [2.75, 3.05) is 98.5 Å². The number of nitrogens with one attached hydrogen (secondary N) is 3. The highest BCUT2D eigenvalue weighted by Gasteiger charge is 2.48. The molecule has 1 unspecified atom stereocenters. The molecular formula is C71H72Br3F7N12O14S4. The van der Waals surface area contributed by atoms with Crippen molar-refractivity contribution in [3.63, 3.8) is 0 Å². The predicted molar refractivity (Wildman–Crippen MR) is 409 cm³/mol. The fourth-order valence-corrected chi connectivity index (χ4v) is 17.4. The van der Waals surface area contributed by atoms with Gasteiger partial charge in [-0.25, -0.2) is 60.1 Å². The number of alkyl halides is 4. The van der Waals surface area contributed by atoms with E-state index in [0.717, 1.165) is 18.1 Å². The molecule has 0 spiro atoms. The number of rotatable bonds is 26. The normalized spacial score (nSPS) is 20.7. The molecule has 3 fully saturated rings. The van der Waals surface area contributed by atoms with Gasteiger partial charge in [0.15, 0.2) is 32.5 Å². The number of aromatic nitrogens is 3. The van der Waals surface area contributed by atoms with Crippen LogP contribution in [0.5, 0.6) is 0 Å². The van der Waals surface area contributed by atoms with Crippen molar-refractivity contribution < 1.29 is 98.5 Å². The third kappa shape index (κ3) is 22.5. The first-order chi connectivity index (χ1) is 53.0. The number of methoxy groups -OCH3 is 3. The molecule has 3 aromatic carbocycles. The Kier molecular flexibility index (Phi) is 30.2. The molecule has 0 bridgehead atoms. The largest absolute Gasteiger partial charge is 0.481 e. The van der Waals surface area contributed by atoms with Crippen LogP contribution in [0.2, 0.25) is 0 Å². The maximum absolute atomic E-state index is 14.9. The van der Waals surface area contributed by atoms with Crippen LogP contribution in [-0.2, 0) is 52.5 Å². The Morgan fingerprint density at radius 3 is 1.42 bits per heavy atom. The molecule has 12 rings (SSSR count). The lowest BCUT2D eigenvalue weighted by Crippen LogP contribution is -2.57. The number of hydrogen-bond donors (Lipinski definition) is 6. The van der Waals surface area contributed by atoms with Crippen molar-refractivity contribution in [2.24, 2.45) is 15.0 Å². The van der Waals surface area contributed by atoms with Gasteiger partial charge in [-0.15, -0.1) is 34.0 Å². The van der Waals surface area contributed by atoms with Crippen molar-refractivity contribution in [1.29, 1.82) is 0 Å². The van der Waals surface area contributed by atoms with Crippen LogP contribution in [0.15, 0.2) is 152 Å². The van der Waals surface area contributed by atoms with Gasteiger partial charge in [0.2, 0.25) is 0 Å². The quantitative estimate of drug-likeness (QED) is 0.0167. The maximum atomic E-state index is 14.9. The zero-order valence-corrected chi connectivity index (χ0v) is 67.1. The van der Waals surface area contributed by atoms with Gasteiger partial charge in [-0.2, -0.15) is 11.8 Å². The summed E-state index contributed by atoms with van der Waals surface area (Å²) in [5.74, 6) is -11.3. The third-order valence-corrected chi connectivity index (χ3v) is 23.5. The summed E-state index contributed by atoms with van der Waals surface area (Å²) >= 11 is 16.0. The van der Waals surface area contributed by atoms with E-state index in [0.29, 0.717) is 99.1 Å². The molecule has 0 amide bonds. The second-order valence-corrected chi connectivity index (χ2v) is 31.8. The highest BCUT2D eigenvalue weighted by atomic mass is 79.9. The standard InChI is InChI=1S/C25H26BrF3N4O5S.C23H22BrF3N4O5S.C23H24BrFN4O4S2/c1-37-24(36)20-18(13-33-7-8-38-15(12-33)4-5-25(28,29)11-19(34)35)31-22(23-30-6-9-39-23)32-21(20)16-3-2-14(27)10-17(16)26;1-35-22(34)18-15(10-31-5-6-36-11-16(31)23(26,27)9-17(32)33)29-20(21-28-4-7-37-21)30-19(18)13-3-2-12(25)8-14(13)24;1-33-23(32)19-17(11-29-7-9-34-12-14(29)3-5-18(30)31)27-21(22-26-6-8-35-22)28-20(19)15-4-2-13(25)10-16(15)24/h2-3,6,9-10,15,21H,4-5,7-8,11-13H2,1H3,(H,31,32)(H,34,35);2-4,7-8,16,19H,5-6,9-11H2,1H3,(H,29,30)(H,32,33);2,4,6,8,10,14,20H,3,5,7,9,11-12H2,1H3,(H,27,28)(H,30,31)/t15-,21+;16?,19-;14-,20+/m101/s1. The molecule has 111 heavy (non-hydrogen) atoms. The summed E-state index contributed by atoms with van der Waals surface area (Å²) in [5.41, 5.74) is 3.54. The first kappa shape index (κ1) is 85.5. The van der Waals surface area contributed by atoms with Crippen LogP contribution in [0.1, 0.15) is 88.4 Å². The van der Waals surface area contributed by atoms with E-state index in [9.17, 15) is 64.6 Å². The van der Waals surface area contributed by atoms with Crippen molar-refractivity contribution in [1.82, 2.24) is 45.6 Å². The number of aliphatic carboxylic acids is 3. The average Bonchev–Trinajstić information content (AvgIpc) is 1.54.